The molecule has 0 N–H and O–H groups in total. The maximum Gasteiger partial charge on any atom is 0.339 e. The standard InChI is InChI=1S/C19H16O2/c1-13(2)12-21-19(20)18-16-9-5-3-7-14(16)11-15-8-4-6-10-17(15)18/h3-11H,1,12H2,2H3. The van der Waals surface area contributed by atoms with E-state index in [-0.39, 0.29) is 12.6 Å². The topological polar surface area (TPSA) is 26.3 Å². The molecular weight excluding hydrogens is 260 g/mol. The van der Waals surface area contributed by atoms with Gasteiger partial charge in [0.2, 0.25) is 0 Å². The quantitative estimate of drug-likeness (QED) is 0.393. The molecule has 3 aromatic carbocycles. The second kappa shape index (κ2) is 5.41. The predicted octanol–water partition coefficient (Wildman–Crippen LogP) is 4.73. The van der Waals surface area contributed by atoms with Crippen LogP contribution in [0.3, 0.4) is 0 Å². The number of rotatable bonds is 3. The molecule has 0 aromatic heterocycles. The summed E-state index contributed by atoms with van der Waals surface area (Å²) in [5.41, 5.74) is 1.46. The summed E-state index contributed by atoms with van der Waals surface area (Å²) in [6.07, 6.45) is 0. The Bertz CT molecular complexity index is 792. The molecule has 3 aromatic rings. The third-order valence-corrected chi connectivity index (χ3v) is 3.43. The second-order valence-electron chi connectivity index (χ2n) is 5.23. The number of hydrogen-bond donors (Lipinski definition) is 0. The average Bonchev–Trinajstić information content (AvgIpc) is 2.50. The number of benzene rings is 3. The van der Waals surface area contributed by atoms with E-state index in [2.05, 4.69) is 12.6 Å². The number of carbonyl (C=O) groups excluding carboxylic acids is 1. The van der Waals surface area contributed by atoms with E-state index < -0.39 is 0 Å². The largest absolute Gasteiger partial charge is 0.458 e. The zero-order valence-electron chi connectivity index (χ0n) is 11.9. The van der Waals surface area contributed by atoms with Crippen molar-refractivity contribution in [2.24, 2.45) is 0 Å². The molecule has 0 atom stereocenters. The summed E-state index contributed by atoms with van der Waals surface area (Å²) >= 11 is 0. The van der Waals surface area contributed by atoms with Gasteiger partial charge in [-0.25, -0.2) is 4.79 Å². The van der Waals surface area contributed by atoms with Gasteiger partial charge < -0.3 is 4.74 Å². The van der Waals surface area contributed by atoms with Crippen LogP contribution in [0.4, 0.5) is 0 Å². The van der Waals surface area contributed by atoms with Gasteiger partial charge >= 0.3 is 5.97 Å². The molecule has 0 aliphatic carbocycles. The van der Waals surface area contributed by atoms with Gasteiger partial charge in [0.15, 0.2) is 0 Å². The third-order valence-electron chi connectivity index (χ3n) is 3.43. The molecule has 3 rings (SSSR count). The first kappa shape index (κ1) is 13.4. The van der Waals surface area contributed by atoms with Gasteiger partial charge in [0, 0.05) is 0 Å². The van der Waals surface area contributed by atoms with Crippen molar-refractivity contribution in [3.05, 3.63) is 72.3 Å². The molecule has 0 bridgehead atoms. The Morgan fingerprint density at radius 2 is 1.52 bits per heavy atom. The number of ether oxygens (including phenoxy) is 1. The summed E-state index contributed by atoms with van der Waals surface area (Å²) in [7, 11) is 0. The highest BCUT2D eigenvalue weighted by Crippen LogP contribution is 2.29. The van der Waals surface area contributed by atoms with Crippen LogP contribution in [0, 0.1) is 0 Å². The predicted molar refractivity (Wildman–Crippen MR) is 86.6 cm³/mol. The minimum Gasteiger partial charge on any atom is -0.458 e. The van der Waals surface area contributed by atoms with Gasteiger partial charge in [0.1, 0.15) is 6.61 Å². The SMILES string of the molecule is C=C(C)COC(=O)c1c2ccccc2cc2ccccc12. The van der Waals surface area contributed by atoms with Crippen molar-refractivity contribution in [2.45, 2.75) is 6.92 Å². The van der Waals surface area contributed by atoms with Crippen molar-refractivity contribution in [1.29, 1.82) is 0 Å². The Hall–Kier alpha value is -2.61. The fourth-order valence-electron chi connectivity index (χ4n) is 2.49. The van der Waals surface area contributed by atoms with E-state index in [0.717, 1.165) is 27.1 Å². The van der Waals surface area contributed by atoms with Crippen LogP contribution in [0.1, 0.15) is 17.3 Å². The third kappa shape index (κ3) is 2.52. The zero-order valence-corrected chi connectivity index (χ0v) is 11.9. The Labute approximate surface area is 123 Å². The molecule has 0 amide bonds. The minimum absolute atomic E-state index is 0.246. The van der Waals surface area contributed by atoms with Crippen molar-refractivity contribution >= 4 is 27.5 Å². The molecule has 0 spiro atoms. The number of carbonyl (C=O) groups is 1. The van der Waals surface area contributed by atoms with Gasteiger partial charge in [0.05, 0.1) is 5.56 Å². The van der Waals surface area contributed by atoms with Crippen molar-refractivity contribution in [3.8, 4) is 0 Å². The molecule has 104 valence electrons. The molecule has 0 saturated carbocycles. The van der Waals surface area contributed by atoms with Gasteiger partial charge in [0.25, 0.3) is 0 Å². The molecule has 0 heterocycles. The molecule has 0 saturated heterocycles. The summed E-state index contributed by atoms with van der Waals surface area (Å²) in [6, 6.07) is 17.9. The van der Waals surface area contributed by atoms with E-state index in [4.69, 9.17) is 4.74 Å². The van der Waals surface area contributed by atoms with Crippen molar-refractivity contribution in [1.82, 2.24) is 0 Å². The highest BCUT2D eigenvalue weighted by Gasteiger charge is 2.15. The Morgan fingerprint density at radius 3 is 2.05 bits per heavy atom. The van der Waals surface area contributed by atoms with Crippen LogP contribution in [0.2, 0.25) is 0 Å². The van der Waals surface area contributed by atoms with Gasteiger partial charge in [-0.1, -0.05) is 55.1 Å². The lowest BCUT2D eigenvalue weighted by molar-refractivity contribution is 0.0545. The van der Waals surface area contributed by atoms with Gasteiger partial charge in [-0.15, -0.1) is 0 Å². The molecule has 0 unspecified atom stereocenters. The van der Waals surface area contributed by atoms with Crippen LogP contribution in [-0.4, -0.2) is 12.6 Å². The Morgan fingerprint density at radius 1 is 1.00 bits per heavy atom. The molecule has 2 heteroatoms. The Kier molecular flexibility index (Phi) is 3.44. The molecule has 21 heavy (non-hydrogen) atoms. The highest BCUT2D eigenvalue weighted by atomic mass is 16.5. The number of fused-ring (bicyclic) bond motifs is 2. The van der Waals surface area contributed by atoms with E-state index in [1.54, 1.807) is 0 Å². The monoisotopic (exact) mass is 276 g/mol. The van der Waals surface area contributed by atoms with Gasteiger partial charge in [-0.05, 0) is 40.1 Å². The van der Waals surface area contributed by atoms with Crippen LogP contribution in [-0.2, 0) is 4.74 Å². The van der Waals surface area contributed by atoms with Gasteiger partial charge in [-0.3, -0.25) is 0 Å². The lowest BCUT2D eigenvalue weighted by Gasteiger charge is -2.11. The smallest absolute Gasteiger partial charge is 0.339 e. The van der Waals surface area contributed by atoms with Crippen LogP contribution >= 0.6 is 0 Å². The van der Waals surface area contributed by atoms with Crippen molar-refractivity contribution in [2.75, 3.05) is 6.61 Å². The Balaban J connectivity index is 2.25. The second-order valence-corrected chi connectivity index (χ2v) is 5.23. The van der Waals surface area contributed by atoms with E-state index in [9.17, 15) is 4.79 Å². The first-order valence-corrected chi connectivity index (χ1v) is 6.89. The first-order chi connectivity index (χ1) is 10.2. The summed E-state index contributed by atoms with van der Waals surface area (Å²) in [6.45, 7) is 5.86. The van der Waals surface area contributed by atoms with E-state index in [1.165, 1.54) is 0 Å². The zero-order chi connectivity index (χ0) is 14.8. The summed E-state index contributed by atoms with van der Waals surface area (Å²) in [5.74, 6) is -0.300. The molecule has 0 aliphatic rings. The summed E-state index contributed by atoms with van der Waals surface area (Å²) in [4.78, 5) is 12.5. The van der Waals surface area contributed by atoms with E-state index in [1.807, 2.05) is 55.5 Å². The molecule has 0 fully saturated rings. The maximum absolute atomic E-state index is 12.5. The van der Waals surface area contributed by atoms with Gasteiger partial charge in [-0.2, -0.15) is 0 Å². The maximum atomic E-state index is 12.5. The van der Waals surface area contributed by atoms with Crippen molar-refractivity contribution in [3.63, 3.8) is 0 Å². The van der Waals surface area contributed by atoms with Crippen LogP contribution in [0.15, 0.2) is 66.7 Å². The molecular formula is C19H16O2. The normalized spacial score (nSPS) is 10.7. The van der Waals surface area contributed by atoms with Crippen LogP contribution < -0.4 is 0 Å². The molecule has 0 radical (unpaired) electrons. The van der Waals surface area contributed by atoms with E-state index >= 15 is 0 Å². The van der Waals surface area contributed by atoms with E-state index in [0.29, 0.717) is 5.56 Å². The average molecular weight is 276 g/mol. The number of hydrogen-bond acceptors (Lipinski definition) is 2. The fourth-order valence-corrected chi connectivity index (χ4v) is 2.49. The summed E-state index contributed by atoms with van der Waals surface area (Å²) in [5, 5.41) is 3.92. The van der Waals surface area contributed by atoms with Crippen LogP contribution in [0.25, 0.3) is 21.5 Å². The highest BCUT2D eigenvalue weighted by molar-refractivity contribution is 6.16. The van der Waals surface area contributed by atoms with Crippen molar-refractivity contribution < 1.29 is 9.53 Å². The lowest BCUT2D eigenvalue weighted by atomic mass is 9.97. The summed E-state index contributed by atoms with van der Waals surface area (Å²) < 4.78 is 5.37. The molecule has 0 aliphatic heterocycles. The van der Waals surface area contributed by atoms with Crippen LogP contribution in [0.5, 0.6) is 0 Å². The minimum atomic E-state index is -0.300. The first-order valence-electron chi connectivity index (χ1n) is 6.89. The fraction of sp³-hybridized carbons (Fsp3) is 0.105. The number of esters is 1. The molecule has 2 nitrogen and oxygen atoms in total. The lowest BCUT2D eigenvalue weighted by Crippen LogP contribution is -2.08.